The monoisotopic (exact) mass is 289 g/mol. The van der Waals surface area contributed by atoms with Gasteiger partial charge in [0, 0.05) is 38.2 Å². The number of hydrogen-bond donors (Lipinski definition) is 2. The molecule has 2 amide bonds. The van der Waals surface area contributed by atoms with Gasteiger partial charge in [-0.05, 0) is 30.7 Å². The van der Waals surface area contributed by atoms with Gasteiger partial charge in [-0.2, -0.15) is 0 Å². The molecule has 5 heteroatoms. The summed E-state index contributed by atoms with van der Waals surface area (Å²) in [5, 5.41) is 6.18. The molecule has 21 heavy (non-hydrogen) atoms. The molecule has 1 aromatic carbocycles. The van der Waals surface area contributed by atoms with Gasteiger partial charge in [-0.25, -0.2) is 0 Å². The minimum Gasteiger partial charge on any atom is -0.346 e. The standard InChI is InChI=1S/C16H23N3O2/c1-3-17-11-12-5-4-6-14(9-12)18-16(21)13-7-8-19(2)15(20)10-13/h4-6,9,13,17H,3,7-8,10-11H2,1-2H3,(H,18,21). The summed E-state index contributed by atoms with van der Waals surface area (Å²) < 4.78 is 0. The average Bonchev–Trinajstić information content (AvgIpc) is 2.48. The summed E-state index contributed by atoms with van der Waals surface area (Å²) in [6.07, 6.45) is 1.03. The minimum atomic E-state index is -0.217. The van der Waals surface area contributed by atoms with Crippen molar-refractivity contribution in [1.29, 1.82) is 0 Å². The van der Waals surface area contributed by atoms with Crippen LogP contribution in [0.1, 0.15) is 25.3 Å². The summed E-state index contributed by atoms with van der Waals surface area (Å²) in [6.45, 7) is 4.40. The van der Waals surface area contributed by atoms with Crippen LogP contribution in [0.15, 0.2) is 24.3 Å². The number of amides is 2. The summed E-state index contributed by atoms with van der Waals surface area (Å²) in [7, 11) is 1.78. The van der Waals surface area contributed by atoms with Crippen molar-refractivity contribution in [1.82, 2.24) is 10.2 Å². The van der Waals surface area contributed by atoms with Gasteiger partial charge in [-0.15, -0.1) is 0 Å². The van der Waals surface area contributed by atoms with Gasteiger partial charge < -0.3 is 15.5 Å². The maximum atomic E-state index is 12.2. The van der Waals surface area contributed by atoms with Crippen molar-refractivity contribution in [3.63, 3.8) is 0 Å². The van der Waals surface area contributed by atoms with Crippen LogP contribution in [-0.4, -0.2) is 36.9 Å². The second kappa shape index (κ2) is 7.22. The third kappa shape index (κ3) is 4.29. The van der Waals surface area contributed by atoms with Gasteiger partial charge in [0.05, 0.1) is 0 Å². The number of piperidine rings is 1. The second-order valence-corrected chi connectivity index (χ2v) is 5.47. The quantitative estimate of drug-likeness (QED) is 0.865. The van der Waals surface area contributed by atoms with E-state index in [1.807, 2.05) is 24.3 Å². The van der Waals surface area contributed by atoms with E-state index >= 15 is 0 Å². The van der Waals surface area contributed by atoms with Crippen molar-refractivity contribution in [3.8, 4) is 0 Å². The van der Waals surface area contributed by atoms with E-state index < -0.39 is 0 Å². The number of rotatable bonds is 5. The number of hydrogen-bond acceptors (Lipinski definition) is 3. The van der Waals surface area contributed by atoms with E-state index in [1.165, 1.54) is 0 Å². The van der Waals surface area contributed by atoms with Gasteiger partial charge in [0.1, 0.15) is 0 Å². The lowest BCUT2D eigenvalue weighted by molar-refractivity contribution is -0.137. The zero-order valence-electron chi connectivity index (χ0n) is 12.7. The molecule has 0 aliphatic carbocycles. The lowest BCUT2D eigenvalue weighted by Crippen LogP contribution is -2.39. The number of likely N-dealkylation sites (tertiary alicyclic amines) is 1. The first-order chi connectivity index (χ1) is 10.1. The maximum absolute atomic E-state index is 12.2. The molecule has 0 radical (unpaired) electrons. The summed E-state index contributed by atoms with van der Waals surface area (Å²) in [5.74, 6) is -0.231. The molecule has 0 saturated carbocycles. The number of nitrogens with zero attached hydrogens (tertiary/aromatic N) is 1. The van der Waals surface area contributed by atoms with E-state index in [-0.39, 0.29) is 17.7 Å². The van der Waals surface area contributed by atoms with Gasteiger partial charge in [0.2, 0.25) is 11.8 Å². The first-order valence-corrected chi connectivity index (χ1v) is 7.44. The summed E-state index contributed by atoms with van der Waals surface area (Å²) in [6, 6.07) is 7.81. The molecule has 1 aliphatic heterocycles. The first-order valence-electron chi connectivity index (χ1n) is 7.44. The number of benzene rings is 1. The Morgan fingerprint density at radius 1 is 1.43 bits per heavy atom. The van der Waals surface area contributed by atoms with E-state index in [0.717, 1.165) is 30.8 Å². The van der Waals surface area contributed by atoms with E-state index in [2.05, 4.69) is 17.6 Å². The lowest BCUT2D eigenvalue weighted by atomic mass is 9.95. The molecule has 1 heterocycles. The van der Waals surface area contributed by atoms with Gasteiger partial charge in [-0.3, -0.25) is 9.59 Å². The fourth-order valence-electron chi connectivity index (χ4n) is 2.44. The van der Waals surface area contributed by atoms with E-state index in [4.69, 9.17) is 0 Å². The molecule has 0 spiro atoms. The highest BCUT2D eigenvalue weighted by Crippen LogP contribution is 2.20. The minimum absolute atomic E-state index is 0.0438. The first kappa shape index (κ1) is 15.5. The van der Waals surface area contributed by atoms with Crippen molar-refractivity contribution in [3.05, 3.63) is 29.8 Å². The normalized spacial score (nSPS) is 18.7. The van der Waals surface area contributed by atoms with Crippen LogP contribution < -0.4 is 10.6 Å². The number of anilines is 1. The predicted molar refractivity (Wildman–Crippen MR) is 82.8 cm³/mol. The highest BCUT2D eigenvalue weighted by atomic mass is 16.2. The molecule has 1 atom stereocenters. The van der Waals surface area contributed by atoms with Crippen LogP contribution in [0.4, 0.5) is 5.69 Å². The van der Waals surface area contributed by atoms with E-state index in [0.29, 0.717) is 13.0 Å². The Labute approximate surface area is 125 Å². The van der Waals surface area contributed by atoms with Crippen LogP contribution in [0.5, 0.6) is 0 Å². The zero-order chi connectivity index (χ0) is 15.2. The molecule has 0 aromatic heterocycles. The van der Waals surface area contributed by atoms with Crippen molar-refractivity contribution < 1.29 is 9.59 Å². The molecule has 0 bridgehead atoms. The van der Waals surface area contributed by atoms with Crippen LogP contribution in [-0.2, 0) is 16.1 Å². The van der Waals surface area contributed by atoms with Crippen molar-refractivity contribution in [2.24, 2.45) is 5.92 Å². The Kier molecular flexibility index (Phi) is 5.33. The van der Waals surface area contributed by atoms with Gasteiger partial charge in [-0.1, -0.05) is 19.1 Å². The highest BCUT2D eigenvalue weighted by Gasteiger charge is 2.28. The Morgan fingerprint density at radius 2 is 2.24 bits per heavy atom. The maximum Gasteiger partial charge on any atom is 0.228 e. The highest BCUT2D eigenvalue weighted by molar-refractivity contribution is 5.95. The van der Waals surface area contributed by atoms with Crippen LogP contribution >= 0.6 is 0 Å². The summed E-state index contributed by atoms with van der Waals surface area (Å²) in [5.41, 5.74) is 1.93. The SMILES string of the molecule is CCNCc1cccc(NC(=O)C2CCN(C)C(=O)C2)c1. The Bertz CT molecular complexity index is 516. The van der Waals surface area contributed by atoms with Crippen molar-refractivity contribution in [2.75, 3.05) is 25.5 Å². The molecule has 114 valence electrons. The Morgan fingerprint density at radius 3 is 2.95 bits per heavy atom. The van der Waals surface area contributed by atoms with Gasteiger partial charge >= 0.3 is 0 Å². The lowest BCUT2D eigenvalue weighted by Gasteiger charge is -2.27. The number of carbonyl (C=O) groups is 2. The van der Waals surface area contributed by atoms with Crippen LogP contribution in [0.25, 0.3) is 0 Å². The van der Waals surface area contributed by atoms with Crippen LogP contribution in [0.3, 0.4) is 0 Å². The molecule has 1 fully saturated rings. The van der Waals surface area contributed by atoms with Gasteiger partial charge in [0.15, 0.2) is 0 Å². The fourth-order valence-corrected chi connectivity index (χ4v) is 2.44. The van der Waals surface area contributed by atoms with Crippen molar-refractivity contribution >= 4 is 17.5 Å². The smallest absolute Gasteiger partial charge is 0.228 e. The number of nitrogens with one attached hydrogen (secondary N) is 2. The molecular weight excluding hydrogens is 266 g/mol. The Balaban J connectivity index is 1.94. The largest absolute Gasteiger partial charge is 0.346 e. The molecule has 5 nitrogen and oxygen atoms in total. The molecule has 1 aliphatic rings. The molecule has 2 N–H and O–H groups in total. The van der Waals surface area contributed by atoms with E-state index in [1.54, 1.807) is 11.9 Å². The summed E-state index contributed by atoms with van der Waals surface area (Å²) in [4.78, 5) is 25.6. The van der Waals surface area contributed by atoms with E-state index in [9.17, 15) is 9.59 Å². The third-order valence-corrected chi connectivity index (χ3v) is 3.80. The fraction of sp³-hybridized carbons (Fsp3) is 0.500. The predicted octanol–water partition coefficient (Wildman–Crippen LogP) is 1.60. The second-order valence-electron chi connectivity index (χ2n) is 5.47. The topological polar surface area (TPSA) is 61.4 Å². The van der Waals surface area contributed by atoms with Crippen molar-refractivity contribution in [2.45, 2.75) is 26.3 Å². The summed E-state index contributed by atoms with van der Waals surface area (Å²) >= 11 is 0. The zero-order valence-corrected chi connectivity index (χ0v) is 12.7. The molecule has 1 saturated heterocycles. The molecular formula is C16H23N3O2. The molecule has 1 unspecified atom stereocenters. The molecule has 1 aromatic rings. The van der Waals surface area contributed by atoms with Gasteiger partial charge in [0.25, 0.3) is 0 Å². The Hall–Kier alpha value is -1.88. The number of carbonyl (C=O) groups excluding carboxylic acids is 2. The average molecular weight is 289 g/mol. The third-order valence-electron chi connectivity index (χ3n) is 3.80. The van der Waals surface area contributed by atoms with Crippen LogP contribution in [0.2, 0.25) is 0 Å². The molecule has 2 rings (SSSR count). The van der Waals surface area contributed by atoms with Crippen LogP contribution in [0, 0.1) is 5.92 Å².